The topological polar surface area (TPSA) is 41.6 Å². The molecule has 0 aliphatic carbocycles. The molecule has 0 saturated heterocycles. The van der Waals surface area contributed by atoms with E-state index in [0.29, 0.717) is 33.5 Å². The highest BCUT2D eigenvalue weighted by Crippen LogP contribution is 2.43. The van der Waals surface area contributed by atoms with Crippen LogP contribution in [0.2, 0.25) is 0 Å². The van der Waals surface area contributed by atoms with Gasteiger partial charge in [0, 0.05) is 34.3 Å². The summed E-state index contributed by atoms with van der Waals surface area (Å²) in [5.41, 5.74) is 1.98. The van der Waals surface area contributed by atoms with Gasteiger partial charge < -0.3 is 4.57 Å². The van der Waals surface area contributed by atoms with Crippen molar-refractivity contribution in [1.82, 2.24) is 9.55 Å². The zero-order valence-corrected chi connectivity index (χ0v) is 20.9. The van der Waals surface area contributed by atoms with E-state index in [9.17, 15) is 31.6 Å². The molecule has 2 heterocycles. The van der Waals surface area contributed by atoms with Gasteiger partial charge in [-0.2, -0.15) is 31.6 Å². The molecule has 6 rings (SSSR count). The number of rotatable bonds is 3. The number of hydrogen-bond acceptors (Lipinski definition) is 2. The molecular weight excluding hydrogens is 540 g/mol. The summed E-state index contributed by atoms with van der Waals surface area (Å²) in [4.78, 5) is 4.03. The molecule has 3 nitrogen and oxygen atoms in total. The fourth-order valence-electron chi connectivity index (χ4n) is 5.12. The predicted molar refractivity (Wildman–Crippen MR) is 144 cm³/mol. The average molecular weight is 557 g/mol. The third-order valence-electron chi connectivity index (χ3n) is 6.99. The number of benzene rings is 4. The summed E-state index contributed by atoms with van der Waals surface area (Å²) in [5, 5.41) is 10.1. The number of pyridine rings is 1. The van der Waals surface area contributed by atoms with E-state index in [1.165, 1.54) is 12.1 Å². The van der Waals surface area contributed by atoms with Crippen molar-refractivity contribution >= 4 is 21.8 Å². The lowest BCUT2D eigenvalue weighted by Crippen LogP contribution is -2.04. The lowest BCUT2D eigenvalue weighted by Gasteiger charge is -2.18. The molecule has 2 aromatic heterocycles. The Morgan fingerprint density at radius 2 is 1.15 bits per heavy atom. The van der Waals surface area contributed by atoms with Gasteiger partial charge in [0.2, 0.25) is 0 Å². The van der Waals surface area contributed by atoms with Crippen molar-refractivity contribution in [2.45, 2.75) is 12.4 Å². The third-order valence-corrected chi connectivity index (χ3v) is 6.99. The van der Waals surface area contributed by atoms with Crippen molar-refractivity contribution in [2.75, 3.05) is 0 Å². The molecule has 202 valence electrons. The second kappa shape index (κ2) is 9.52. The number of aromatic nitrogens is 2. The number of halogens is 6. The lowest BCUT2D eigenvalue weighted by atomic mass is 9.94. The first kappa shape index (κ1) is 26.1. The minimum Gasteiger partial charge on any atom is -0.309 e. The van der Waals surface area contributed by atoms with Crippen LogP contribution in [-0.4, -0.2) is 9.55 Å². The minimum absolute atomic E-state index is 0.0229. The molecule has 6 aromatic rings. The largest absolute Gasteiger partial charge is 0.416 e. The van der Waals surface area contributed by atoms with E-state index < -0.39 is 23.5 Å². The summed E-state index contributed by atoms with van der Waals surface area (Å²) in [6.45, 7) is 0. The molecular formula is C32H17F6N3. The maximum atomic E-state index is 13.7. The molecule has 0 unspecified atom stereocenters. The van der Waals surface area contributed by atoms with Crippen LogP contribution in [0.25, 0.3) is 49.7 Å². The minimum atomic E-state index is -4.69. The van der Waals surface area contributed by atoms with Crippen molar-refractivity contribution in [3.05, 3.63) is 120 Å². The fraction of sp³-hybridized carbons (Fsp3) is 0.0625. The van der Waals surface area contributed by atoms with E-state index in [0.717, 1.165) is 24.3 Å². The van der Waals surface area contributed by atoms with Crippen LogP contribution in [0.3, 0.4) is 0 Å². The number of hydrogen-bond donors (Lipinski definition) is 0. The van der Waals surface area contributed by atoms with Crippen LogP contribution in [0.1, 0.15) is 16.7 Å². The standard InChI is InChI=1S/C32H17F6N3/c33-31(34,35)22-6-8-28-26(15-22)27-16-23(32(36,37)38)7-9-29(27)41(28)30-17-24(20-10-12-40-13-11-20)21(18-39)14-25(30)19-4-2-1-3-5-19/h1-17H. The zero-order chi connectivity index (χ0) is 28.9. The van der Waals surface area contributed by atoms with E-state index in [4.69, 9.17) is 0 Å². The van der Waals surface area contributed by atoms with Crippen LogP contribution in [-0.2, 0) is 12.4 Å². The van der Waals surface area contributed by atoms with Crippen LogP contribution >= 0.6 is 0 Å². The van der Waals surface area contributed by atoms with Crippen molar-refractivity contribution in [3.8, 4) is 34.0 Å². The van der Waals surface area contributed by atoms with Crippen LogP contribution in [0.4, 0.5) is 26.3 Å². The summed E-state index contributed by atoms with van der Waals surface area (Å²) in [6.07, 6.45) is -6.25. The quantitative estimate of drug-likeness (QED) is 0.204. The predicted octanol–water partition coefficient (Wildman–Crippen LogP) is 9.42. The van der Waals surface area contributed by atoms with Gasteiger partial charge in [0.1, 0.15) is 0 Å². The van der Waals surface area contributed by atoms with E-state index in [-0.39, 0.29) is 21.8 Å². The monoisotopic (exact) mass is 557 g/mol. The van der Waals surface area contributed by atoms with Crippen molar-refractivity contribution < 1.29 is 26.3 Å². The average Bonchev–Trinajstić information content (AvgIpc) is 3.29. The maximum absolute atomic E-state index is 13.7. The van der Waals surface area contributed by atoms with Gasteiger partial charge in [-0.25, -0.2) is 0 Å². The number of alkyl halides is 6. The first-order chi connectivity index (χ1) is 19.6. The molecule has 0 bridgehead atoms. The molecule has 0 spiro atoms. The Bertz CT molecular complexity index is 1890. The number of fused-ring (bicyclic) bond motifs is 3. The van der Waals surface area contributed by atoms with E-state index >= 15 is 0 Å². The Kier molecular flexibility index (Phi) is 6.07. The number of nitriles is 1. The first-order valence-electron chi connectivity index (χ1n) is 12.3. The second-order valence-electron chi connectivity index (χ2n) is 9.42. The van der Waals surface area contributed by atoms with Gasteiger partial charge in [0.05, 0.1) is 39.5 Å². The van der Waals surface area contributed by atoms with Crippen LogP contribution < -0.4 is 0 Å². The SMILES string of the molecule is N#Cc1cc(-c2ccccc2)c(-n2c3ccc(C(F)(F)F)cc3c3cc(C(F)(F)F)ccc32)cc1-c1ccncc1. The maximum Gasteiger partial charge on any atom is 0.416 e. The Balaban J connectivity index is 1.77. The van der Waals surface area contributed by atoms with Crippen LogP contribution in [0, 0.1) is 11.3 Å². The molecule has 0 fully saturated rings. The van der Waals surface area contributed by atoms with E-state index in [1.807, 2.05) is 18.2 Å². The van der Waals surface area contributed by atoms with Crippen molar-refractivity contribution in [1.29, 1.82) is 5.26 Å². The zero-order valence-electron chi connectivity index (χ0n) is 20.9. The van der Waals surface area contributed by atoms with Crippen molar-refractivity contribution in [3.63, 3.8) is 0 Å². The summed E-state index contributed by atoms with van der Waals surface area (Å²) in [5.74, 6) is 0. The lowest BCUT2D eigenvalue weighted by molar-refractivity contribution is -0.138. The molecule has 41 heavy (non-hydrogen) atoms. The normalized spacial score (nSPS) is 12.1. The van der Waals surface area contributed by atoms with Gasteiger partial charge in [0.25, 0.3) is 0 Å². The highest BCUT2D eigenvalue weighted by Gasteiger charge is 2.33. The summed E-state index contributed by atoms with van der Waals surface area (Å²) in [6, 6.07) is 24.3. The summed E-state index contributed by atoms with van der Waals surface area (Å²) >= 11 is 0. The third kappa shape index (κ3) is 4.57. The smallest absolute Gasteiger partial charge is 0.309 e. The van der Waals surface area contributed by atoms with Gasteiger partial charge in [0.15, 0.2) is 0 Å². The highest BCUT2D eigenvalue weighted by atomic mass is 19.4. The van der Waals surface area contributed by atoms with E-state index in [1.54, 1.807) is 53.4 Å². The molecule has 9 heteroatoms. The Labute approximate surface area is 229 Å². The molecule has 0 N–H and O–H groups in total. The Hall–Kier alpha value is -5.10. The first-order valence-corrected chi connectivity index (χ1v) is 12.3. The van der Waals surface area contributed by atoms with Gasteiger partial charge in [-0.3, -0.25) is 4.98 Å². The van der Waals surface area contributed by atoms with Gasteiger partial charge >= 0.3 is 12.4 Å². The molecule has 0 saturated carbocycles. The molecule has 0 aliphatic heterocycles. The Morgan fingerprint density at radius 1 is 0.610 bits per heavy atom. The van der Waals surface area contributed by atoms with E-state index in [2.05, 4.69) is 11.1 Å². The molecule has 0 radical (unpaired) electrons. The Morgan fingerprint density at radius 3 is 1.66 bits per heavy atom. The van der Waals surface area contributed by atoms with Gasteiger partial charge in [-0.15, -0.1) is 0 Å². The molecule has 0 atom stereocenters. The van der Waals surface area contributed by atoms with Gasteiger partial charge in [-0.05, 0) is 71.8 Å². The fourth-order valence-corrected chi connectivity index (χ4v) is 5.12. The number of nitrogens with zero attached hydrogens (tertiary/aromatic N) is 3. The van der Waals surface area contributed by atoms with Crippen LogP contribution in [0.15, 0.2) is 103 Å². The van der Waals surface area contributed by atoms with Crippen molar-refractivity contribution in [2.24, 2.45) is 0 Å². The molecule has 4 aromatic carbocycles. The summed E-state index contributed by atoms with van der Waals surface area (Å²) in [7, 11) is 0. The molecule has 0 aliphatic rings. The molecule has 0 amide bonds. The highest BCUT2D eigenvalue weighted by molar-refractivity contribution is 6.10. The van der Waals surface area contributed by atoms with Crippen LogP contribution in [0.5, 0.6) is 0 Å². The summed E-state index contributed by atoms with van der Waals surface area (Å²) < 4.78 is 83.9. The second-order valence-corrected chi connectivity index (χ2v) is 9.42. The van der Waals surface area contributed by atoms with Gasteiger partial charge in [-0.1, -0.05) is 30.3 Å².